The van der Waals surface area contributed by atoms with E-state index in [9.17, 15) is 30.1 Å². The molecule has 0 unspecified atom stereocenters. The van der Waals surface area contributed by atoms with Crippen LogP contribution in [0.5, 0.6) is 0 Å². The Morgan fingerprint density at radius 2 is 1.38 bits per heavy atom. The number of nitro benzene ring substituents is 2. The molecular formula is C16H14N2O6. The molecule has 0 saturated carbocycles. The van der Waals surface area contributed by atoms with E-state index in [1.807, 2.05) is 0 Å². The Balaban J connectivity index is 1.95. The summed E-state index contributed by atoms with van der Waals surface area (Å²) in [5, 5.41) is 31.2. The zero-order valence-electron chi connectivity index (χ0n) is 12.5. The monoisotopic (exact) mass is 330 g/mol. The first kappa shape index (κ1) is 17.2. The highest BCUT2D eigenvalue weighted by atomic mass is 16.6. The summed E-state index contributed by atoms with van der Waals surface area (Å²) in [5.41, 5.74) is 0.638. The fraction of sp³-hybridized carbons (Fsp3) is 0.188. The van der Waals surface area contributed by atoms with Gasteiger partial charge in [-0.2, -0.15) is 0 Å². The Kier molecular flexibility index (Phi) is 5.33. The predicted octanol–water partition coefficient (Wildman–Crippen LogP) is 3.20. The molecule has 2 aromatic carbocycles. The van der Waals surface area contributed by atoms with Crippen LogP contribution in [0, 0.1) is 20.2 Å². The minimum absolute atomic E-state index is 0.0516. The third-order valence-corrected chi connectivity index (χ3v) is 3.53. The zero-order chi connectivity index (χ0) is 17.7. The SMILES string of the molecule is O=C(CC[C@H](O)c1ccc([N+](=O)[O-])cc1)c1ccc([N+](=O)[O-])cc1. The quantitative estimate of drug-likeness (QED) is 0.472. The lowest BCUT2D eigenvalue weighted by Gasteiger charge is -2.10. The summed E-state index contributed by atoms with van der Waals surface area (Å²) in [4.78, 5) is 32.1. The first-order valence-electron chi connectivity index (χ1n) is 7.08. The normalized spacial score (nSPS) is 11.7. The molecule has 1 N–H and O–H groups in total. The Labute approximate surface area is 136 Å². The van der Waals surface area contributed by atoms with Crippen molar-refractivity contribution in [2.45, 2.75) is 18.9 Å². The lowest BCUT2D eigenvalue weighted by Crippen LogP contribution is -2.04. The van der Waals surface area contributed by atoms with Gasteiger partial charge in [0, 0.05) is 36.2 Å². The molecule has 0 bridgehead atoms. The van der Waals surface area contributed by atoms with Gasteiger partial charge in [-0.05, 0) is 36.2 Å². The average Bonchev–Trinajstić information content (AvgIpc) is 2.59. The molecule has 0 heterocycles. The van der Waals surface area contributed by atoms with Crippen molar-refractivity contribution in [1.29, 1.82) is 0 Å². The van der Waals surface area contributed by atoms with Crippen LogP contribution in [-0.4, -0.2) is 20.7 Å². The van der Waals surface area contributed by atoms with Gasteiger partial charge in [-0.25, -0.2) is 0 Å². The van der Waals surface area contributed by atoms with Gasteiger partial charge in [-0.1, -0.05) is 0 Å². The predicted molar refractivity (Wildman–Crippen MR) is 84.7 cm³/mol. The standard InChI is InChI=1S/C16H14N2O6/c19-15(11-1-5-13(6-2-11)17(21)22)9-10-16(20)12-3-7-14(8-4-12)18(23)24/h1-8,15,19H,9-10H2/t15-/m0/s1. The van der Waals surface area contributed by atoms with E-state index < -0.39 is 16.0 Å². The van der Waals surface area contributed by atoms with Gasteiger partial charge in [0.05, 0.1) is 16.0 Å². The number of rotatable bonds is 7. The van der Waals surface area contributed by atoms with Crippen molar-refractivity contribution < 1.29 is 19.7 Å². The van der Waals surface area contributed by atoms with Crippen LogP contribution in [0.25, 0.3) is 0 Å². The van der Waals surface area contributed by atoms with Gasteiger partial charge in [0.25, 0.3) is 11.4 Å². The van der Waals surface area contributed by atoms with Crippen LogP contribution in [0.3, 0.4) is 0 Å². The number of aliphatic hydroxyl groups excluding tert-OH is 1. The average molecular weight is 330 g/mol. The van der Waals surface area contributed by atoms with Crippen LogP contribution in [-0.2, 0) is 0 Å². The summed E-state index contributed by atoms with van der Waals surface area (Å²) < 4.78 is 0. The summed E-state index contributed by atoms with van der Waals surface area (Å²) >= 11 is 0. The Bertz CT molecular complexity index is 755. The smallest absolute Gasteiger partial charge is 0.269 e. The first-order chi connectivity index (χ1) is 11.4. The van der Waals surface area contributed by atoms with Crippen molar-refractivity contribution in [3.8, 4) is 0 Å². The van der Waals surface area contributed by atoms with Crippen LogP contribution in [0.4, 0.5) is 11.4 Å². The second-order valence-corrected chi connectivity index (χ2v) is 5.13. The fourth-order valence-corrected chi connectivity index (χ4v) is 2.17. The maximum absolute atomic E-state index is 12.0. The highest BCUT2D eigenvalue weighted by Crippen LogP contribution is 2.22. The van der Waals surface area contributed by atoms with Gasteiger partial charge in [-0.15, -0.1) is 0 Å². The molecule has 24 heavy (non-hydrogen) atoms. The summed E-state index contributed by atoms with van der Waals surface area (Å²) in [6, 6.07) is 10.7. The molecule has 0 aromatic heterocycles. The van der Waals surface area contributed by atoms with Gasteiger partial charge in [-0.3, -0.25) is 25.0 Å². The number of aliphatic hydroxyl groups is 1. The lowest BCUT2D eigenvalue weighted by atomic mass is 10.00. The molecule has 0 saturated heterocycles. The highest BCUT2D eigenvalue weighted by Gasteiger charge is 2.14. The van der Waals surface area contributed by atoms with E-state index in [4.69, 9.17) is 0 Å². The maximum atomic E-state index is 12.0. The van der Waals surface area contributed by atoms with E-state index in [2.05, 4.69) is 0 Å². The Morgan fingerprint density at radius 3 is 1.83 bits per heavy atom. The van der Waals surface area contributed by atoms with E-state index in [1.54, 1.807) is 0 Å². The van der Waals surface area contributed by atoms with Gasteiger partial charge >= 0.3 is 0 Å². The van der Waals surface area contributed by atoms with Crippen molar-refractivity contribution in [3.05, 3.63) is 79.9 Å². The number of carbonyl (C=O) groups is 1. The molecule has 2 rings (SSSR count). The molecule has 0 amide bonds. The number of nitro groups is 2. The largest absolute Gasteiger partial charge is 0.388 e. The second kappa shape index (κ2) is 7.42. The number of hydrogen-bond acceptors (Lipinski definition) is 6. The van der Waals surface area contributed by atoms with E-state index in [0.717, 1.165) is 0 Å². The highest BCUT2D eigenvalue weighted by molar-refractivity contribution is 5.96. The molecule has 0 aliphatic carbocycles. The van der Waals surface area contributed by atoms with Crippen molar-refractivity contribution in [3.63, 3.8) is 0 Å². The molecule has 0 aliphatic rings. The van der Waals surface area contributed by atoms with Crippen LogP contribution < -0.4 is 0 Å². The number of non-ortho nitro benzene ring substituents is 2. The Morgan fingerprint density at radius 1 is 0.917 bits per heavy atom. The molecule has 8 nitrogen and oxygen atoms in total. The van der Waals surface area contributed by atoms with Gasteiger partial charge in [0.2, 0.25) is 0 Å². The number of ketones is 1. The number of hydrogen-bond donors (Lipinski definition) is 1. The molecule has 124 valence electrons. The fourth-order valence-electron chi connectivity index (χ4n) is 2.17. The van der Waals surface area contributed by atoms with E-state index >= 15 is 0 Å². The number of carbonyl (C=O) groups excluding carboxylic acids is 1. The van der Waals surface area contributed by atoms with Gasteiger partial charge in [0.15, 0.2) is 5.78 Å². The van der Waals surface area contributed by atoms with Crippen LogP contribution in [0.1, 0.15) is 34.9 Å². The summed E-state index contributed by atoms with van der Waals surface area (Å²) in [6.07, 6.45) is -0.725. The van der Waals surface area contributed by atoms with Gasteiger partial charge in [0.1, 0.15) is 0 Å². The number of Topliss-reactive ketones (excluding diaryl/α,β-unsaturated/α-hetero) is 1. The lowest BCUT2D eigenvalue weighted by molar-refractivity contribution is -0.385. The van der Waals surface area contributed by atoms with Crippen molar-refractivity contribution in [2.75, 3.05) is 0 Å². The van der Waals surface area contributed by atoms with Crippen molar-refractivity contribution >= 4 is 17.2 Å². The molecule has 8 heteroatoms. The second-order valence-electron chi connectivity index (χ2n) is 5.13. The molecular weight excluding hydrogens is 316 g/mol. The molecule has 0 fully saturated rings. The summed E-state index contributed by atoms with van der Waals surface area (Å²) in [5.74, 6) is -0.245. The van der Waals surface area contributed by atoms with Crippen LogP contribution in [0.2, 0.25) is 0 Å². The van der Waals surface area contributed by atoms with E-state index in [0.29, 0.717) is 11.1 Å². The minimum Gasteiger partial charge on any atom is -0.388 e. The number of nitrogens with zero attached hydrogens (tertiary/aromatic N) is 2. The van der Waals surface area contributed by atoms with Crippen LogP contribution >= 0.6 is 0 Å². The molecule has 0 radical (unpaired) electrons. The molecule has 0 spiro atoms. The van der Waals surface area contributed by atoms with E-state index in [-0.39, 0.29) is 30.0 Å². The first-order valence-corrected chi connectivity index (χ1v) is 7.08. The van der Waals surface area contributed by atoms with E-state index in [1.165, 1.54) is 48.5 Å². The summed E-state index contributed by atoms with van der Waals surface area (Å²) in [7, 11) is 0. The number of benzene rings is 2. The third-order valence-electron chi connectivity index (χ3n) is 3.53. The molecule has 2 aromatic rings. The topological polar surface area (TPSA) is 124 Å². The Hall–Kier alpha value is -3.13. The van der Waals surface area contributed by atoms with Crippen molar-refractivity contribution in [1.82, 2.24) is 0 Å². The minimum atomic E-state index is -0.923. The van der Waals surface area contributed by atoms with Crippen molar-refractivity contribution in [2.24, 2.45) is 0 Å². The van der Waals surface area contributed by atoms with Crippen LogP contribution in [0.15, 0.2) is 48.5 Å². The van der Waals surface area contributed by atoms with Gasteiger partial charge < -0.3 is 5.11 Å². The third kappa shape index (κ3) is 4.20. The molecule has 1 atom stereocenters. The summed E-state index contributed by atoms with van der Waals surface area (Å²) in [6.45, 7) is 0. The maximum Gasteiger partial charge on any atom is 0.269 e. The zero-order valence-corrected chi connectivity index (χ0v) is 12.5. The molecule has 0 aliphatic heterocycles.